The summed E-state index contributed by atoms with van der Waals surface area (Å²) in [5.74, 6) is 0.0806. The van der Waals surface area contributed by atoms with Crippen molar-refractivity contribution in [2.24, 2.45) is 0 Å². The zero-order valence-electron chi connectivity index (χ0n) is 10.9. The van der Waals surface area contributed by atoms with Crippen LogP contribution in [-0.4, -0.2) is 0 Å². The van der Waals surface area contributed by atoms with Crippen molar-refractivity contribution in [1.82, 2.24) is 0 Å². The van der Waals surface area contributed by atoms with Crippen LogP contribution in [0.2, 0.25) is 5.02 Å². The molecule has 0 aliphatic rings. The smallest absolute Gasteiger partial charge is 0.0781 e. The summed E-state index contributed by atoms with van der Waals surface area (Å²) in [6.07, 6.45) is 0.925. The molecule has 0 saturated carbocycles. The zero-order chi connectivity index (χ0) is 13.7. The van der Waals surface area contributed by atoms with Gasteiger partial charge >= 0.3 is 0 Å². The maximum Gasteiger partial charge on any atom is 0.0781 e. The number of hydrogen-bond donors (Lipinski definition) is 0. The molecule has 0 aromatic heterocycles. The summed E-state index contributed by atoms with van der Waals surface area (Å²) in [6, 6.07) is 20.2. The van der Waals surface area contributed by atoms with E-state index in [0.717, 1.165) is 17.0 Å². The zero-order valence-corrected chi connectivity index (χ0v) is 11.6. The van der Waals surface area contributed by atoms with Gasteiger partial charge in [-0.15, -0.1) is 0 Å². The van der Waals surface area contributed by atoms with Crippen molar-refractivity contribution in [3.05, 3.63) is 70.7 Å². The molecule has 0 heterocycles. The fourth-order valence-electron chi connectivity index (χ4n) is 2.43. The van der Waals surface area contributed by atoms with Gasteiger partial charge in [0.15, 0.2) is 0 Å². The Bertz CT molecular complexity index is 554. The Hall–Kier alpha value is -1.78. The first kappa shape index (κ1) is 13.6. The van der Waals surface area contributed by atoms with Crippen LogP contribution < -0.4 is 0 Å². The molecule has 19 heavy (non-hydrogen) atoms. The second kappa shape index (κ2) is 6.41. The van der Waals surface area contributed by atoms with Crippen molar-refractivity contribution in [2.45, 2.75) is 25.2 Å². The van der Waals surface area contributed by atoms with Gasteiger partial charge in [0.25, 0.3) is 0 Å². The molecular formula is C17H16ClN. The van der Waals surface area contributed by atoms with Gasteiger partial charge in [0, 0.05) is 10.9 Å². The molecule has 0 bridgehead atoms. The van der Waals surface area contributed by atoms with Crippen LogP contribution >= 0.6 is 11.6 Å². The highest BCUT2D eigenvalue weighted by molar-refractivity contribution is 6.30. The predicted molar refractivity (Wildman–Crippen MR) is 79.3 cm³/mol. The lowest BCUT2D eigenvalue weighted by Crippen LogP contribution is -2.09. The number of rotatable bonds is 4. The Morgan fingerprint density at radius 1 is 1.00 bits per heavy atom. The molecule has 1 nitrogen and oxygen atoms in total. The van der Waals surface area contributed by atoms with Crippen LogP contribution in [0.3, 0.4) is 0 Å². The molecule has 96 valence electrons. The van der Waals surface area contributed by atoms with Crippen LogP contribution in [-0.2, 0) is 0 Å². The summed E-state index contributed by atoms with van der Waals surface area (Å²) in [4.78, 5) is 0. The highest BCUT2D eigenvalue weighted by Crippen LogP contribution is 2.35. The van der Waals surface area contributed by atoms with Crippen molar-refractivity contribution in [3.8, 4) is 6.07 Å². The van der Waals surface area contributed by atoms with Crippen molar-refractivity contribution >= 4 is 11.6 Å². The van der Waals surface area contributed by atoms with E-state index in [1.54, 1.807) is 0 Å². The third kappa shape index (κ3) is 3.16. The van der Waals surface area contributed by atoms with Crippen molar-refractivity contribution in [1.29, 1.82) is 5.26 Å². The van der Waals surface area contributed by atoms with E-state index in [4.69, 9.17) is 11.6 Å². The molecule has 2 aromatic rings. The van der Waals surface area contributed by atoms with Crippen LogP contribution in [0.1, 0.15) is 36.3 Å². The monoisotopic (exact) mass is 269 g/mol. The largest absolute Gasteiger partial charge is 0.198 e. The molecule has 0 fully saturated rings. The molecule has 2 aromatic carbocycles. The first-order chi connectivity index (χ1) is 9.26. The minimum absolute atomic E-state index is 0.118. The molecule has 0 aliphatic heterocycles. The topological polar surface area (TPSA) is 23.8 Å². The summed E-state index contributed by atoms with van der Waals surface area (Å²) in [6.45, 7) is 2.12. The van der Waals surface area contributed by atoms with Crippen molar-refractivity contribution in [3.63, 3.8) is 0 Å². The number of benzene rings is 2. The second-order valence-electron chi connectivity index (χ2n) is 4.58. The van der Waals surface area contributed by atoms with E-state index < -0.39 is 0 Å². The third-order valence-corrected chi connectivity index (χ3v) is 3.69. The molecule has 0 spiro atoms. The number of nitriles is 1. The highest BCUT2D eigenvalue weighted by Gasteiger charge is 2.22. The average molecular weight is 270 g/mol. The summed E-state index contributed by atoms with van der Waals surface area (Å²) in [7, 11) is 0. The summed E-state index contributed by atoms with van der Waals surface area (Å²) in [5.41, 5.74) is 2.24. The molecule has 2 rings (SSSR count). The summed E-state index contributed by atoms with van der Waals surface area (Å²) in [5, 5.41) is 10.2. The summed E-state index contributed by atoms with van der Waals surface area (Å²) >= 11 is 5.92. The Balaban J connectivity index is 2.35. The molecular weight excluding hydrogens is 254 g/mol. The first-order valence-corrected chi connectivity index (χ1v) is 6.84. The lowest BCUT2D eigenvalue weighted by molar-refractivity contribution is 0.607. The lowest BCUT2D eigenvalue weighted by atomic mass is 9.81. The van der Waals surface area contributed by atoms with Crippen LogP contribution in [0.5, 0.6) is 0 Å². The van der Waals surface area contributed by atoms with E-state index in [1.165, 1.54) is 5.56 Å². The van der Waals surface area contributed by atoms with Gasteiger partial charge in [0.05, 0.1) is 12.0 Å². The molecule has 0 saturated heterocycles. The van der Waals surface area contributed by atoms with Gasteiger partial charge in [-0.25, -0.2) is 0 Å². The maximum absolute atomic E-state index is 9.52. The van der Waals surface area contributed by atoms with Gasteiger partial charge in [-0.2, -0.15) is 5.26 Å². The Kier molecular flexibility index (Phi) is 4.60. The standard InChI is InChI=1S/C17H16ClN/c1-2-16(14-8-10-15(18)11-9-14)17(12-19)13-6-4-3-5-7-13/h3-11,16-17H,2H2,1H3. The second-order valence-corrected chi connectivity index (χ2v) is 5.02. The normalized spacial score (nSPS) is 13.5. The molecule has 2 heteroatoms. The van der Waals surface area contributed by atoms with Crippen LogP contribution in [0, 0.1) is 11.3 Å². The molecule has 0 amide bonds. The SMILES string of the molecule is CCC(c1ccc(Cl)cc1)C(C#N)c1ccccc1. The van der Waals surface area contributed by atoms with Crippen molar-refractivity contribution in [2.75, 3.05) is 0 Å². The number of nitrogens with zero attached hydrogens (tertiary/aromatic N) is 1. The summed E-state index contributed by atoms with van der Waals surface area (Å²) < 4.78 is 0. The Morgan fingerprint density at radius 2 is 1.63 bits per heavy atom. The van der Waals surface area contributed by atoms with Gasteiger partial charge in [-0.1, -0.05) is 61.0 Å². The third-order valence-electron chi connectivity index (χ3n) is 3.44. The van der Waals surface area contributed by atoms with E-state index in [2.05, 4.69) is 13.0 Å². The van der Waals surface area contributed by atoms with E-state index in [1.807, 2.05) is 54.6 Å². The van der Waals surface area contributed by atoms with Crippen LogP contribution in [0.15, 0.2) is 54.6 Å². The van der Waals surface area contributed by atoms with E-state index in [0.29, 0.717) is 0 Å². The van der Waals surface area contributed by atoms with Crippen LogP contribution in [0.4, 0.5) is 0 Å². The molecule has 0 aliphatic carbocycles. The van der Waals surface area contributed by atoms with Gasteiger partial charge in [0.2, 0.25) is 0 Å². The fraction of sp³-hybridized carbons (Fsp3) is 0.235. The van der Waals surface area contributed by atoms with Gasteiger partial charge < -0.3 is 0 Å². The van der Waals surface area contributed by atoms with Crippen molar-refractivity contribution < 1.29 is 0 Å². The molecule has 2 atom stereocenters. The molecule has 0 N–H and O–H groups in total. The Labute approximate surface area is 119 Å². The lowest BCUT2D eigenvalue weighted by Gasteiger charge is -2.21. The minimum atomic E-state index is -0.118. The number of hydrogen-bond acceptors (Lipinski definition) is 1. The first-order valence-electron chi connectivity index (χ1n) is 6.46. The fourth-order valence-corrected chi connectivity index (χ4v) is 2.56. The van der Waals surface area contributed by atoms with Gasteiger partial charge in [0.1, 0.15) is 0 Å². The minimum Gasteiger partial charge on any atom is -0.198 e. The molecule has 0 radical (unpaired) electrons. The average Bonchev–Trinajstić information content (AvgIpc) is 2.47. The quantitative estimate of drug-likeness (QED) is 0.754. The van der Waals surface area contributed by atoms with E-state index in [9.17, 15) is 5.26 Å². The van der Waals surface area contributed by atoms with Gasteiger partial charge in [-0.3, -0.25) is 0 Å². The maximum atomic E-state index is 9.52. The van der Waals surface area contributed by atoms with Crippen LogP contribution in [0.25, 0.3) is 0 Å². The van der Waals surface area contributed by atoms with E-state index in [-0.39, 0.29) is 11.8 Å². The van der Waals surface area contributed by atoms with E-state index >= 15 is 0 Å². The Morgan fingerprint density at radius 3 is 2.16 bits per heavy atom. The predicted octanol–water partition coefficient (Wildman–Crippen LogP) is 5.14. The van der Waals surface area contributed by atoms with Gasteiger partial charge in [-0.05, 0) is 29.7 Å². The number of halogens is 1. The molecule has 2 unspecified atom stereocenters. The highest BCUT2D eigenvalue weighted by atomic mass is 35.5.